The number of rotatable bonds is 5. The molecule has 0 radical (unpaired) electrons. The van der Waals surface area contributed by atoms with E-state index in [1.165, 1.54) is 0 Å². The van der Waals surface area contributed by atoms with E-state index in [1.54, 1.807) is 30.3 Å². The highest BCUT2D eigenvalue weighted by atomic mass is 16.5. The van der Waals surface area contributed by atoms with E-state index >= 15 is 0 Å². The molecule has 0 atom stereocenters. The maximum Gasteiger partial charge on any atom is 0.262 e. The first kappa shape index (κ1) is 14.9. The molecule has 0 bridgehead atoms. The van der Waals surface area contributed by atoms with Crippen molar-refractivity contribution in [3.63, 3.8) is 0 Å². The van der Waals surface area contributed by atoms with Crippen LogP contribution in [0, 0.1) is 6.92 Å². The maximum atomic E-state index is 11.9. The lowest BCUT2D eigenvalue weighted by atomic mass is 10.1. The first-order chi connectivity index (χ1) is 10.1. The zero-order valence-corrected chi connectivity index (χ0v) is 11.8. The Morgan fingerprint density at radius 1 is 1.29 bits per heavy atom. The first-order valence-electron chi connectivity index (χ1n) is 6.57. The van der Waals surface area contributed by atoms with Crippen LogP contribution >= 0.6 is 0 Å². The van der Waals surface area contributed by atoms with Gasteiger partial charge in [0.15, 0.2) is 6.61 Å². The number of hydrogen-bond donors (Lipinski definition) is 3. The van der Waals surface area contributed by atoms with Crippen molar-refractivity contribution in [2.75, 3.05) is 17.7 Å². The smallest absolute Gasteiger partial charge is 0.262 e. The molecule has 2 aromatic carbocycles. The summed E-state index contributed by atoms with van der Waals surface area (Å²) in [5, 5.41) is 11.8. The van der Waals surface area contributed by atoms with E-state index in [9.17, 15) is 4.79 Å². The molecule has 5 nitrogen and oxygen atoms in total. The van der Waals surface area contributed by atoms with Crippen molar-refractivity contribution in [1.29, 1.82) is 0 Å². The lowest BCUT2D eigenvalue weighted by Gasteiger charge is -2.12. The van der Waals surface area contributed by atoms with Crippen molar-refractivity contribution < 1.29 is 14.6 Å². The highest BCUT2D eigenvalue weighted by Gasteiger charge is 2.08. The Morgan fingerprint density at radius 2 is 2.05 bits per heavy atom. The Labute approximate surface area is 123 Å². The van der Waals surface area contributed by atoms with Crippen LogP contribution in [0.4, 0.5) is 11.4 Å². The van der Waals surface area contributed by atoms with Crippen LogP contribution < -0.4 is 15.8 Å². The Balaban J connectivity index is 1.96. The number of aryl methyl sites for hydroxylation is 1. The van der Waals surface area contributed by atoms with E-state index in [2.05, 4.69) is 5.32 Å². The highest BCUT2D eigenvalue weighted by Crippen LogP contribution is 2.22. The quantitative estimate of drug-likeness (QED) is 0.735. The lowest BCUT2D eigenvalue weighted by molar-refractivity contribution is -0.118. The molecule has 110 valence electrons. The van der Waals surface area contributed by atoms with Gasteiger partial charge in [0.2, 0.25) is 0 Å². The van der Waals surface area contributed by atoms with Crippen molar-refractivity contribution in [2.45, 2.75) is 13.5 Å². The molecule has 0 unspecified atom stereocenters. The second-order valence-electron chi connectivity index (χ2n) is 4.68. The molecule has 0 spiro atoms. The van der Waals surface area contributed by atoms with Gasteiger partial charge in [-0.15, -0.1) is 0 Å². The molecule has 0 saturated carbocycles. The van der Waals surface area contributed by atoms with E-state index < -0.39 is 0 Å². The molecular formula is C16H18N2O3. The number of ether oxygens (including phenoxy) is 1. The van der Waals surface area contributed by atoms with E-state index in [0.717, 1.165) is 11.1 Å². The van der Waals surface area contributed by atoms with Gasteiger partial charge in [-0.3, -0.25) is 4.79 Å². The molecule has 5 heteroatoms. The van der Waals surface area contributed by atoms with Gasteiger partial charge in [0.05, 0.1) is 18.0 Å². The molecule has 0 aliphatic heterocycles. The van der Waals surface area contributed by atoms with Gasteiger partial charge in [-0.25, -0.2) is 0 Å². The molecule has 21 heavy (non-hydrogen) atoms. The normalized spacial score (nSPS) is 10.2. The standard InChI is InChI=1S/C16H18N2O3/c1-11-4-2-7-14(17)16(11)18-15(20)10-21-13-6-3-5-12(8-13)9-19/h2-8,19H,9-10,17H2,1H3,(H,18,20). The van der Waals surface area contributed by atoms with Gasteiger partial charge >= 0.3 is 0 Å². The number of amides is 1. The largest absolute Gasteiger partial charge is 0.484 e. The number of aliphatic hydroxyl groups is 1. The Hall–Kier alpha value is -2.53. The minimum Gasteiger partial charge on any atom is -0.484 e. The van der Waals surface area contributed by atoms with E-state index in [-0.39, 0.29) is 19.1 Å². The lowest BCUT2D eigenvalue weighted by Crippen LogP contribution is -2.21. The van der Waals surface area contributed by atoms with Crippen molar-refractivity contribution in [2.24, 2.45) is 0 Å². The summed E-state index contributed by atoms with van der Waals surface area (Å²) in [5.41, 5.74) is 8.58. The molecule has 0 heterocycles. The monoisotopic (exact) mass is 286 g/mol. The topological polar surface area (TPSA) is 84.6 Å². The van der Waals surface area contributed by atoms with Crippen LogP contribution in [0.1, 0.15) is 11.1 Å². The van der Waals surface area contributed by atoms with Gasteiger partial charge in [-0.1, -0.05) is 24.3 Å². The second kappa shape index (κ2) is 6.76. The van der Waals surface area contributed by atoms with Crippen LogP contribution in [0.25, 0.3) is 0 Å². The number of carbonyl (C=O) groups excluding carboxylic acids is 1. The van der Waals surface area contributed by atoms with Gasteiger partial charge in [0.25, 0.3) is 5.91 Å². The summed E-state index contributed by atoms with van der Waals surface area (Å²) in [6, 6.07) is 12.4. The third-order valence-electron chi connectivity index (χ3n) is 3.02. The molecule has 0 aliphatic carbocycles. The summed E-state index contributed by atoms with van der Waals surface area (Å²) in [4.78, 5) is 11.9. The van der Waals surface area contributed by atoms with Gasteiger partial charge in [-0.05, 0) is 36.2 Å². The summed E-state index contributed by atoms with van der Waals surface area (Å²) in [5.74, 6) is 0.250. The molecule has 0 aromatic heterocycles. The number of benzene rings is 2. The molecule has 0 fully saturated rings. The predicted octanol–water partition coefficient (Wildman–Crippen LogP) is 2.09. The number of anilines is 2. The average Bonchev–Trinajstić information content (AvgIpc) is 2.49. The zero-order chi connectivity index (χ0) is 15.2. The van der Waals surface area contributed by atoms with E-state index in [1.807, 2.05) is 19.1 Å². The molecule has 4 N–H and O–H groups in total. The molecule has 2 rings (SSSR count). The fourth-order valence-electron chi connectivity index (χ4n) is 1.92. The SMILES string of the molecule is Cc1cccc(N)c1NC(=O)COc1cccc(CO)c1. The second-order valence-corrected chi connectivity index (χ2v) is 4.68. The van der Waals surface area contributed by atoms with Crippen LogP contribution in [0.15, 0.2) is 42.5 Å². The minimum absolute atomic E-state index is 0.0663. The number of aliphatic hydroxyl groups excluding tert-OH is 1. The number of nitrogens with two attached hydrogens (primary N) is 1. The maximum absolute atomic E-state index is 11.9. The Kier molecular flexibility index (Phi) is 4.79. The summed E-state index contributed by atoms with van der Waals surface area (Å²) >= 11 is 0. The number of nitrogens with one attached hydrogen (secondary N) is 1. The Bertz CT molecular complexity index is 621. The summed E-state index contributed by atoms with van der Waals surface area (Å²) < 4.78 is 5.40. The summed E-state index contributed by atoms with van der Waals surface area (Å²) in [7, 11) is 0. The van der Waals surface area contributed by atoms with Gasteiger partial charge in [0, 0.05) is 0 Å². The third kappa shape index (κ3) is 3.97. The van der Waals surface area contributed by atoms with Crippen molar-refractivity contribution >= 4 is 17.3 Å². The molecule has 2 aromatic rings. The summed E-state index contributed by atoms with van der Waals surface area (Å²) in [6.45, 7) is 1.68. The van der Waals surface area contributed by atoms with Gasteiger partial charge in [-0.2, -0.15) is 0 Å². The molecule has 0 aliphatic rings. The average molecular weight is 286 g/mol. The van der Waals surface area contributed by atoms with Crippen LogP contribution in [0.3, 0.4) is 0 Å². The van der Waals surface area contributed by atoms with Crippen LogP contribution in [-0.2, 0) is 11.4 Å². The first-order valence-corrected chi connectivity index (χ1v) is 6.57. The van der Waals surface area contributed by atoms with Crippen LogP contribution in [0.5, 0.6) is 5.75 Å². The van der Waals surface area contributed by atoms with Gasteiger partial charge < -0.3 is 20.9 Å². The van der Waals surface area contributed by atoms with Crippen LogP contribution in [-0.4, -0.2) is 17.6 Å². The fraction of sp³-hybridized carbons (Fsp3) is 0.188. The highest BCUT2D eigenvalue weighted by molar-refractivity contribution is 5.95. The minimum atomic E-state index is -0.287. The number of carbonyl (C=O) groups is 1. The molecule has 0 saturated heterocycles. The fourth-order valence-corrected chi connectivity index (χ4v) is 1.92. The predicted molar refractivity (Wildman–Crippen MR) is 82.1 cm³/mol. The van der Waals surface area contributed by atoms with E-state index in [0.29, 0.717) is 17.1 Å². The summed E-state index contributed by atoms with van der Waals surface area (Å²) in [6.07, 6.45) is 0. The Morgan fingerprint density at radius 3 is 2.76 bits per heavy atom. The number of nitrogen functional groups attached to an aromatic ring is 1. The van der Waals surface area contributed by atoms with E-state index in [4.69, 9.17) is 15.6 Å². The van der Waals surface area contributed by atoms with Crippen molar-refractivity contribution in [1.82, 2.24) is 0 Å². The number of hydrogen-bond acceptors (Lipinski definition) is 4. The van der Waals surface area contributed by atoms with Crippen molar-refractivity contribution in [3.05, 3.63) is 53.6 Å². The third-order valence-corrected chi connectivity index (χ3v) is 3.02. The zero-order valence-electron chi connectivity index (χ0n) is 11.8. The molecule has 1 amide bonds. The van der Waals surface area contributed by atoms with Crippen molar-refractivity contribution in [3.8, 4) is 5.75 Å². The molecular weight excluding hydrogens is 268 g/mol. The van der Waals surface area contributed by atoms with Gasteiger partial charge in [0.1, 0.15) is 5.75 Å². The number of para-hydroxylation sites is 1. The van der Waals surface area contributed by atoms with Crippen LogP contribution in [0.2, 0.25) is 0 Å².